The van der Waals surface area contributed by atoms with Gasteiger partial charge in [-0.1, -0.05) is 6.92 Å². The summed E-state index contributed by atoms with van der Waals surface area (Å²) in [6.45, 7) is 3.96. The molecule has 0 radical (unpaired) electrons. The van der Waals surface area contributed by atoms with Gasteiger partial charge in [0.2, 0.25) is 0 Å². The van der Waals surface area contributed by atoms with Gasteiger partial charge in [0.1, 0.15) is 0 Å². The van der Waals surface area contributed by atoms with Crippen LogP contribution in [-0.4, -0.2) is 29.2 Å². The lowest BCUT2D eigenvalue weighted by Crippen LogP contribution is -2.26. The second-order valence-corrected chi connectivity index (χ2v) is 4.11. The zero-order valence-corrected chi connectivity index (χ0v) is 9.72. The van der Waals surface area contributed by atoms with E-state index >= 15 is 0 Å². The molecule has 88 valence electrons. The molecule has 2 unspecified atom stereocenters. The summed E-state index contributed by atoms with van der Waals surface area (Å²) in [6.07, 6.45) is 9.01. The molecule has 1 aromatic heterocycles. The van der Waals surface area contributed by atoms with Crippen LogP contribution in [-0.2, 0) is 4.74 Å². The van der Waals surface area contributed by atoms with Crippen molar-refractivity contribution in [2.75, 3.05) is 13.2 Å². The van der Waals surface area contributed by atoms with E-state index in [4.69, 9.17) is 4.74 Å². The molecule has 4 nitrogen and oxygen atoms in total. The van der Waals surface area contributed by atoms with E-state index < -0.39 is 0 Å². The molecule has 1 aliphatic heterocycles. The van der Waals surface area contributed by atoms with Gasteiger partial charge in [0.25, 0.3) is 0 Å². The Bertz CT molecular complexity index is 298. The van der Waals surface area contributed by atoms with Crippen molar-refractivity contribution < 1.29 is 4.74 Å². The lowest BCUT2D eigenvalue weighted by Gasteiger charge is -2.20. The molecule has 2 rings (SSSR count). The van der Waals surface area contributed by atoms with Gasteiger partial charge in [-0.25, -0.2) is 0 Å². The molecule has 0 saturated carbocycles. The van der Waals surface area contributed by atoms with Crippen molar-refractivity contribution in [3.8, 4) is 0 Å². The van der Waals surface area contributed by atoms with Crippen LogP contribution >= 0.6 is 0 Å². The first-order valence-electron chi connectivity index (χ1n) is 6.01. The lowest BCUT2D eigenvalue weighted by atomic mass is 10.0. The Hall–Kier alpha value is -1.00. The highest BCUT2D eigenvalue weighted by Crippen LogP contribution is 2.23. The normalized spacial score (nSPS) is 22.2. The van der Waals surface area contributed by atoms with Crippen LogP contribution < -0.4 is 5.32 Å². The molecule has 0 bridgehead atoms. The zero-order chi connectivity index (χ0) is 11.2. The third-order valence-corrected chi connectivity index (χ3v) is 2.91. The topological polar surface area (TPSA) is 47.0 Å². The van der Waals surface area contributed by atoms with Gasteiger partial charge >= 0.3 is 0 Å². The van der Waals surface area contributed by atoms with Crippen LogP contribution in [0.5, 0.6) is 0 Å². The van der Waals surface area contributed by atoms with Gasteiger partial charge in [0.05, 0.1) is 17.8 Å². The Morgan fingerprint density at radius 3 is 3.12 bits per heavy atom. The smallest absolute Gasteiger partial charge is 0.0757 e. The number of nitrogens with zero attached hydrogens (tertiary/aromatic N) is 2. The lowest BCUT2D eigenvalue weighted by molar-refractivity contribution is 0.0943. The van der Waals surface area contributed by atoms with E-state index in [9.17, 15) is 0 Å². The molecule has 2 heterocycles. The highest BCUT2D eigenvalue weighted by atomic mass is 16.5. The van der Waals surface area contributed by atoms with E-state index in [2.05, 4.69) is 22.2 Å². The average molecular weight is 221 g/mol. The van der Waals surface area contributed by atoms with Crippen LogP contribution in [0.25, 0.3) is 0 Å². The quantitative estimate of drug-likeness (QED) is 0.822. The molecule has 1 fully saturated rings. The Labute approximate surface area is 96.4 Å². The molecule has 2 atom stereocenters. The molecule has 1 N–H and O–H groups in total. The first kappa shape index (κ1) is 11.5. The molecule has 1 saturated heterocycles. The van der Waals surface area contributed by atoms with E-state index in [1.54, 1.807) is 12.4 Å². The average Bonchev–Trinajstić information content (AvgIpc) is 2.83. The Balaban J connectivity index is 1.99. The fourth-order valence-corrected chi connectivity index (χ4v) is 2.14. The Morgan fingerprint density at radius 1 is 1.56 bits per heavy atom. The summed E-state index contributed by atoms with van der Waals surface area (Å²) in [5.41, 5.74) is 1.01. The first-order chi connectivity index (χ1) is 7.90. The molecule has 0 spiro atoms. The van der Waals surface area contributed by atoms with E-state index in [1.807, 2.05) is 6.20 Å². The van der Waals surface area contributed by atoms with Gasteiger partial charge < -0.3 is 10.1 Å². The Kier molecular flexibility index (Phi) is 4.25. The fraction of sp³-hybridized carbons (Fsp3) is 0.667. The van der Waals surface area contributed by atoms with Gasteiger partial charge in [-0.05, 0) is 25.8 Å². The number of rotatable bonds is 5. The maximum atomic E-state index is 5.66. The molecule has 0 amide bonds. The second kappa shape index (κ2) is 5.92. The van der Waals surface area contributed by atoms with Crippen LogP contribution in [0.4, 0.5) is 0 Å². The van der Waals surface area contributed by atoms with Crippen LogP contribution in [0.2, 0.25) is 0 Å². The van der Waals surface area contributed by atoms with Gasteiger partial charge in [-0.2, -0.15) is 0 Å². The van der Waals surface area contributed by atoms with Gasteiger partial charge in [-0.15, -0.1) is 0 Å². The summed E-state index contributed by atoms with van der Waals surface area (Å²) >= 11 is 0. The third kappa shape index (κ3) is 3.00. The molecule has 1 aromatic rings. The largest absolute Gasteiger partial charge is 0.378 e. The molecular formula is C12H19N3O. The van der Waals surface area contributed by atoms with Gasteiger partial charge in [-0.3, -0.25) is 9.97 Å². The predicted octanol–water partition coefficient (Wildman–Crippen LogP) is 1.70. The molecule has 0 aliphatic carbocycles. The van der Waals surface area contributed by atoms with Crippen LogP contribution in [0.1, 0.15) is 37.9 Å². The van der Waals surface area contributed by atoms with Crippen molar-refractivity contribution in [3.05, 3.63) is 24.3 Å². The molecule has 4 heteroatoms. The molecule has 1 aliphatic rings. The summed E-state index contributed by atoms with van der Waals surface area (Å²) in [6, 6.07) is 0.266. The predicted molar refractivity (Wildman–Crippen MR) is 62.0 cm³/mol. The minimum atomic E-state index is 0.266. The van der Waals surface area contributed by atoms with Crippen LogP contribution in [0.3, 0.4) is 0 Å². The first-order valence-corrected chi connectivity index (χ1v) is 6.01. The number of aromatic nitrogens is 2. The van der Waals surface area contributed by atoms with Gasteiger partial charge in [0, 0.05) is 25.2 Å². The molecule has 16 heavy (non-hydrogen) atoms. The van der Waals surface area contributed by atoms with Gasteiger partial charge in [0.15, 0.2) is 0 Å². The van der Waals surface area contributed by atoms with Crippen LogP contribution in [0, 0.1) is 0 Å². The third-order valence-electron chi connectivity index (χ3n) is 2.91. The Morgan fingerprint density at radius 2 is 2.50 bits per heavy atom. The molecule has 0 aromatic carbocycles. The van der Waals surface area contributed by atoms with E-state index in [-0.39, 0.29) is 6.04 Å². The van der Waals surface area contributed by atoms with Crippen molar-refractivity contribution in [1.29, 1.82) is 0 Å². The number of nitrogens with one attached hydrogen (secondary N) is 1. The summed E-state index contributed by atoms with van der Waals surface area (Å²) in [7, 11) is 0. The highest BCUT2D eigenvalue weighted by molar-refractivity contribution is 5.02. The summed E-state index contributed by atoms with van der Waals surface area (Å²) in [4.78, 5) is 8.48. The van der Waals surface area contributed by atoms with Crippen molar-refractivity contribution in [2.24, 2.45) is 0 Å². The minimum Gasteiger partial charge on any atom is -0.378 e. The minimum absolute atomic E-state index is 0.266. The standard InChI is InChI=1S/C12H19N3O/c1-2-14-11(8-10-4-3-7-16-10)12-9-13-5-6-15-12/h5-6,9-11,14H,2-4,7-8H2,1H3. The number of ether oxygens (including phenoxy) is 1. The van der Waals surface area contributed by atoms with Crippen molar-refractivity contribution >= 4 is 0 Å². The SMILES string of the molecule is CCNC(CC1CCCO1)c1cnccn1. The second-order valence-electron chi connectivity index (χ2n) is 4.11. The monoisotopic (exact) mass is 221 g/mol. The van der Waals surface area contributed by atoms with E-state index in [0.717, 1.165) is 25.3 Å². The van der Waals surface area contributed by atoms with Crippen molar-refractivity contribution in [1.82, 2.24) is 15.3 Å². The number of hydrogen-bond acceptors (Lipinski definition) is 4. The maximum Gasteiger partial charge on any atom is 0.0757 e. The number of hydrogen-bond donors (Lipinski definition) is 1. The van der Waals surface area contributed by atoms with E-state index in [0.29, 0.717) is 6.10 Å². The maximum absolute atomic E-state index is 5.66. The van der Waals surface area contributed by atoms with Crippen LogP contribution in [0.15, 0.2) is 18.6 Å². The molecular weight excluding hydrogens is 202 g/mol. The summed E-state index contributed by atoms with van der Waals surface area (Å²) < 4.78 is 5.66. The van der Waals surface area contributed by atoms with Crippen molar-refractivity contribution in [3.63, 3.8) is 0 Å². The zero-order valence-electron chi connectivity index (χ0n) is 9.72. The summed E-state index contributed by atoms with van der Waals surface area (Å²) in [5.74, 6) is 0. The fourth-order valence-electron chi connectivity index (χ4n) is 2.14. The summed E-state index contributed by atoms with van der Waals surface area (Å²) in [5, 5.41) is 3.44. The van der Waals surface area contributed by atoms with E-state index in [1.165, 1.54) is 12.8 Å². The van der Waals surface area contributed by atoms with Crippen molar-refractivity contribution in [2.45, 2.75) is 38.3 Å². The highest BCUT2D eigenvalue weighted by Gasteiger charge is 2.22.